The Morgan fingerprint density at radius 2 is 1.76 bits per heavy atom. The van der Waals surface area contributed by atoms with Crippen LogP contribution < -0.4 is 25.4 Å². The predicted octanol–water partition coefficient (Wildman–Crippen LogP) is 1.33. The minimum Gasteiger partial charge on any atom is -0.493 e. The van der Waals surface area contributed by atoms with E-state index in [0.717, 1.165) is 43.0 Å². The van der Waals surface area contributed by atoms with E-state index < -0.39 is 0 Å². The number of nitrogens with one attached hydrogen (secondary N) is 3. The van der Waals surface area contributed by atoms with E-state index in [1.807, 2.05) is 25.1 Å². The molecule has 0 atom stereocenters. The van der Waals surface area contributed by atoms with Gasteiger partial charge in [-0.05, 0) is 30.5 Å². The fraction of sp³-hybridized carbons (Fsp3) is 0.556. The van der Waals surface area contributed by atoms with Crippen molar-refractivity contribution in [2.75, 3.05) is 40.9 Å². The summed E-state index contributed by atoms with van der Waals surface area (Å²) in [4.78, 5) is 15.7. The number of ether oxygens (including phenoxy) is 2. The molecule has 1 rings (SSSR count). The van der Waals surface area contributed by atoms with E-state index in [0.29, 0.717) is 18.9 Å². The van der Waals surface area contributed by atoms with Crippen LogP contribution in [0.4, 0.5) is 0 Å². The number of benzene rings is 1. The monoisotopic (exact) mass is 350 g/mol. The van der Waals surface area contributed by atoms with Gasteiger partial charge in [-0.15, -0.1) is 0 Å². The quantitative estimate of drug-likeness (QED) is 0.438. The summed E-state index contributed by atoms with van der Waals surface area (Å²) in [5.74, 6) is 2.18. The van der Waals surface area contributed by atoms with Crippen molar-refractivity contribution in [2.24, 2.45) is 4.99 Å². The Hall–Kier alpha value is -2.44. The number of guanidine groups is 1. The maximum atomic E-state index is 11.6. The highest BCUT2D eigenvalue weighted by Gasteiger charge is 2.05. The molecule has 7 heteroatoms. The van der Waals surface area contributed by atoms with Gasteiger partial charge in [0.15, 0.2) is 17.5 Å². The Kier molecular flexibility index (Phi) is 9.89. The number of aliphatic imine (C=N–C) groups is 1. The summed E-state index contributed by atoms with van der Waals surface area (Å²) in [6.07, 6.45) is 2.19. The van der Waals surface area contributed by atoms with Gasteiger partial charge in [0.2, 0.25) is 5.91 Å². The van der Waals surface area contributed by atoms with Crippen LogP contribution in [0.25, 0.3) is 0 Å². The van der Waals surface area contributed by atoms with Crippen molar-refractivity contribution in [2.45, 2.75) is 26.2 Å². The maximum absolute atomic E-state index is 11.6. The van der Waals surface area contributed by atoms with Crippen molar-refractivity contribution < 1.29 is 14.3 Å². The van der Waals surface area contributed by atoms with Crippen LogP contribution in [0.5, 0.6) is 11.5 Å². The fourth-order valence-corrected chi connectivity index (χ4v) is 2.23. The Morgan fingerprint density at radius 3 is 2.40 bits per heavy atom. The first kappa shape index (κ1) is 20.6. The lowest BCUT2D eigenvalue weighted by Crippen LogP contribution is -2.40. The van der Waals surface area contributed by atoms with E-state index in [-0.39, 0.29) is 5.91 Å². The van der Waals surface area contributed by atoms with Gasteiger partial charge in [0.05, 0.1) is 14.2 Å². The lowest BCUT2D eigenvalue weighted by molar-refractivity contribution is -0.120. The summed E-state index contributed by atoms with van der Waals surface area (Å²) < 4.78 is 10.5. The summed E-state index contributed by atoms with van der Waals surface area (Å²) in [7, 11) is 4.96. The second-order valence-electron chi connectivity index (χ2n) is 5.47. The van der Waals surface area contributed by atoms with Gasteiger partial charge in [0.1, 0.15) is 0 Å². The lowest BCUT2D eigenvalue weighted by Gasteiger charge is -2.13. The van der Waals surface area contributed by atoms with Gasteiger partial charge in [-0.1, -0.05) is 13.0 Å². The van der Waals surface area contributed by atoms with Crippen LogP contribution in [-0.4, -0.2) is 52.8 Å². The minimum atomic E-state index is 0.0510. The number of hydrogen-bond donors (Lipinski definition) is 3. The summed E-state index contributed by atoms with van der Waals surface area (Å²) in [5, 5.41) is 9.22. The Labute approximate surface area is 150 Å². The van der Waals surface area contributed by atoms with Gasteiger partial charge in [-0.2, -0.15) is 0 Å². The third-order valence-corrected chi connectivity index (χ3v) is 3.59. The van der Waals surface area contributed by atoms with Gasteiger partial charge >= 0.3 is 0 Å². The maximum Gasteiger partial charge on any atom is 0.221 e. The second-order valence-corrected chi connectivity index (χ2v) is 5.47. The number of hydrogen-bond acceptors (Lipinski definition) is 4. The largest absolute Gasteiger partial charge is 0.493 e. The Morgan fingerprint density at radius 1 is 1.04 bits per heavy atom. The molecule has 0 heterocycles. The summed E-state index contributed by atoms with van der Waals surface area (Å²) >= 11 is 0. The molecule has 0 aliphatic rings. The van der Waals surface area contributed by atoms with Gasteiger partial charge in [-0.25, -0.2) is 0 Å². The summed E-state index contributed by atoms with van der Waals surface area (Å²) in [6, 6.07) is 5.88. The molecular formula is C18H30N4O3. The van der Waals surface area contributed by atoms with E-state index in [4.69, 9.17) is 9.47 Å². The highest BCUT2D eigenvalue weighted by atomic mass is 16.5. The Balaban J connectivity index is 2.34. The van der Waals surface area contributed by atoms with Gasteiger partial charge in [0.25, 0.3) is 0 Å². The van der Waals surface area contributed by atoms with Crippen LogP contribution in [0.1, 0.15) is 25.3 Å². The first-order valence-electron chi connectivity index (χ1n) is 8.56. The zero-order valence-electron chi connectivity index (χ0n) is 15.6. The molecular weight excluding hydrogens is 320 g/mol. The third-order valence-electron chi connectivity index (χ3n) is 3.59. The number of nitrogens with zero attached hydrogens (tertiary/aromatic N) is 1. The number of carbonyl (C=O) groups excluding carboxylic acids is 1. The predicted molar refractivity (Wildman–Crippen MR) is 101 cm³/mol. The topological polar surface area (TPSA) is 84.0 Å². The minimum absolute atomic E-state index is 0.0510. The highest BCUT2D eigenvalue weighted by Crippen LogP contribution is 2.27. The molecule has 140 valence electrons. The van der Waals surface area contributed by atoms with Crippen molar-refractivity contribution in [1.29, 1.82) is 0 Å². The van der Waals surface area contributed by atoms with Crippen LogP contribution in [0.15, 0.2) is 23.2 Å². The highest BCUT2D eigenvalue weighted by molar-refractivity contribution is 5.81. The molecule has 3 N–H and O–H groups in total. The number of carbonyl (C=O) groups is 1. The van der Waals surface area contributed by atoms with E-state index in [1.165, 1.54) is 0 Å². The molecule has 0 saturated heterocycles. The molecule has 0 radical (unpaired) electrons. The molecule has 1 amide bonds. The number of amides is 1. The van der Waals surface area contributed by atoms with Crippen LogP contribution in [-0.2, 0) is 11.2 Å². The first-order chi connectivity index (χ1) is 12.1. The molecule has 0 aliphatic carbocycles. The van der Waals surface area contributed by atoms with Crippen molar-refractivity contribution in [3.05, 3.63) is 23.8 Å². The zero-order chi connectivity index (χ0) is 18.5. The van der Waals surface area contributed by atoms with Crippen LogP contribution in [0, 0.1) is 0 Å². The van der Waals surface area contributed by atoms with Crippen LogP contribution in [0.2, 0.25) is 0 Å². The van der Waals surface area contributed by atoms with Crippen LogP contribution in [0.3, 0.4) is 0 Å². The average molecular weight is 350 g/mol. The third kappa shape index (κ3) is 7.78. The van der Waals surface area contributed by atoms with E-state index in [1.54, 1.807) is 21.3 Å². The molecule has 0 spiro atoms. The first-order valence-corrected chi connectivity index (χ1v) is 8.56. The zero-order valence-corrected chi connectivity index (χ0v) is 15.6. The smallest absolute Gasteiger partial charge is 0.221 e. The molecule has 0 saturated carbocycles. The molecule has 7 nitrogen and oxygen atoms in total. The molecule has 0 aliphatic heterocycles. The van der Waals surface area contributed by atoms with E-state index >= 15 is 0 Å². The molecule has 1 aromatic rings. The van der Waals surface area contributed by atoms with Gasteiger partial charge in [0, 0.05) is 33.1 Å². The van der Waals surface area contributed by atoms with Gasteiger partial charge in [-0.3, -0.25) is 9.79 Å². The van der Waals surface area contributed by atoms with Crippen molar-refractivity contribution in [3.8, 4) is 11.5 Å². The molecule has 0 unspecified atom stereocenters. The van der Waals surface area contributed by atoms with Crippen molar-refractivity contribution >= 4 is 11.9 Å². The molecule has 0 bridgehead atoms. The van der Waals surface area contributed by atoms with Crippen LogP contribution >= 0.6 is 0 Å². The lowest BCUT2D eigenvalue weighted by atomic mass is 10.1. The van der Waals surface area contributed by atoms with E-state index in [9.17, 15) is 4.79 Å². The number of rotatable bonds is 10. The van der Waals surface area contributed by atoms with Crippen molar-refractivity contribution in [1.82, 2.24) is 16.0 Å². The van der Waals surface area contributed by atoms with Crippen molar-refractivity contribution in [3.63, 3.8) is 0 Å². The summed E-state index contributed by atoms with van der Waals surface area (Å²) in [5.41, 5.74) is 1.14. The Bertz CT molecular complexity index is 561. The molecule has 25 heavy (non-hydrogen) atoms. The fourth-order valence-electron chi connectivity index (χ4n) is 2.23. The number of methoxy groups -OCH3 is 2. The summed E-state index contributed by atoms with van der Waals surface area (Å²) in [6.45, 7) is 4.02. The molecule has 0 aromatic heterocycles. The molecule has 1 aromatic carbocycles. The SMILES string of the molecule is CCCNC(=O)CCNC(=NC)NCCc1ccc(OC)c(OC)c1. The average Bonchev–Trinajstić information content (AvgIpc) is 2.64. The normalized spacial score (nSPS) is 11.0. The van der Waals surface area contributed by atoms with E-state index in [2.05, 4.69) is 20.9 Å². The van der Waals surface area contributed by atoms with Gasteiger partial charge < -0.3 is 25.4 Å². The second kappa shape index (κ2) is 12.0. The molecule has 0 fully saturated rings. The standard InChI is InChI=1S/C18H30N4O3/c1-5-10-20-17(23)9-12-22-18(19-2)21-11-8-14-6-7-15(24-3)16(13-14)25-4/h6-7,13H,5,8-12H2,1-4H3,(H,20,23)(H2,19,21,22).